The van der Waals surface area contributed by atoms with Crippen molar-refractivity contribution < 1.29 is 32.2 Å². The Bertz CT molecular complexity index is 1590. The van der Waals surface area contributed by atoms with Gasteiger partial charge in [0.25, 0.3) is 5.56 Å². The average molecular weight is 581 g/mol. The summed E-state index contributed by atoms with van der Waals surface area (Å²) in [6, 6.07) is 9.48. The SMILES string of the molecule is CCOC(=O)C1=C(C(F)(F)F)N=c2s/c(=C/c3ccc(OCC)cc3OCC)c(=O)n2[C@H]1c1ccc(Cl)cc1. The van der Waals surface area contributed by atoms with E-state index in [4.69, 9.17) is 25.8 Å². The molecule has 3 aromatic rings. The third-order valence-electron chi connectivity index (χ3n) is 5.66. The summed E-state index contributed by atoms with van der Waals surface area (Å²) in [5, 5.41) is 0.336. The minimum atomic E-state index is -4.99. The Labute approximate surface area is 230 Å². The van der Waals surface area contributed by atoms with Crippen molar-refractivity contribution in [1.29, 1.82) is 0 Å². The van der Waals surface area contributed by atoms with E-state index in [0.29, 0.717) is 35.3 Å². The van der Waals surface area contributed by atoms with Gasteiger partial charge < -0.3 is 14.2 Å². The van der Waals surface area contributed by atoms with Gasteiger partial charge in [0.2, 0.25) is 0 Å². The lowest BCUT2D eigenvalue weighted by Crippen LogP contribution is -2.41. The highest BCUT2D eigenvalue weighted by Crippen LogP contribution is 2.38. The lowest BCUT2D eigenvalue weighted by atomic mass is 9.95. The number of alkyl halides is 3. The van der Waals surface area contributed by atoms with Crippen molar-refractivity contribution in [3.8, 4) is 11.5 Å². The summed E-state index contributed by atoms with van der Waals surface area (Å²) in [5.74, 6) is -0.212. The van der Waals surface area contributed by atoms with Crippen LogP contribution in [0.2, 0.25) is 5.02 Å². The quantitative estimate of drug-likeness (QED) is 0.358. The number of benzene rings is 2. The van der Waals surface area contributed by atoms with Gasteiger partial charge in [0, 0.05) is 16.7 Å². The molecule has 0 saturated carbocycles. The van der Waals surface area contributed by atoms with Crippen LogP contribution in [0.5, 0.6) is 11.5 Å². The van der Waals surface area contributed by atoms with Crippen molar-refractivity contribution in [1.82, 2.24) is 4.57 Å². The Kier molecular flexibility index (Phi) is 8.51. The zero-order valence-electron chi connectivity index (χ0n) is 21.2. The molecule has 0 fully saturated rings. The number of carbonyl (C=O) groups excluding carboxylic acids is 1. The van der Waals surface area contributed by atoms with Gasteiger partial charge in [-0.3, -0.25) is 9.36 Å². The standard InChI is InChI=1S/C27H24ClF3N2O5S/c1-4-36-18-12-9-16(19(14-18)37-5-2)13-20-24(34)33-22(15-7-10-17(28)11-8-15)21(25(35)38-6-3)23(27(29,30)31)32-26(33)39-20/h7-14,22H,4-6H2,1-3H3/b20-13+/t22-/m0/s1. The number of fused-ring (bicyclic) bond motifs is 1. The summed E-state index contributed by atoms with van der Waals surface area (Å²) in [4.78, 5) is 30.2. The van der Waals surface area contributed by atoms with Gasteiger partial charge in [-0.25, -0.2) is 9.79 Å². The molecule has 0 bridgehead atoms. The van der Waals surface area contributed by atoms with Gasteiger partial charge in [-0.15, -0.1) is 0 Å². The fourth-order valence-corrected chi connectivity index (χ4v) is 5.23. The van der Waals surface area contributed by atoms with Gasteiger partial charge in [0.1, 0.15) is 11.5 Å². The maximum Gasteiger partial charge on any atom is 0.434 e. The highest BCUT2D eigenvalue weighted by atomic mass is 35.5. The van der Waals surface area contributed by atoms with E-state index >= 15 is 0 Å². The van der Waals surface area contributed by atoms with Crippen molar-refractivity contribution in [3.05, 3.63) is 89.6 Å². The zero-order chi connectivity index (χ0) is 28.3. The predicted octanol–water partition coefficient (Wildman–Crippen LogP) is 4.79. The van der Waals surface area contributed by atoms with Crippen LogP contribution >= 0.6 is 22.9 Å². The minimum Gasteiger partial charge on any atom is -0.494 e. The molecule has 4 rings (SSSR count). The summed E-state index contributed by atoms with van der Waals surface area (Å²) >= 11 is 6.78. The highest BCUT2D eigenvalue weighted by molar-refractivity contribution is 7.07. The van der Waals surface area contributed by atoms with Gasteiger partial charge in [0.15, 0.2) is 10.5 Å². The molecule has 0 N–H and O–H groups in total. The molecule has 0 amide bonds. The molecule has 0 aliphatic carbocycles. The Morgan fingerprint density at radius 3 is 2.38 bits per heavy atom. The first-order chi connectivity index (χ1) is 18.6. The van der Waals surface area contributed by atoms with Crippen LogP contribution in [0.3, 0.4) is 0 Å². The molecule has 1 aromatic heterocycles. The molecule has 12 heteroatoms. The summed E-state index contributed by atoms with van der Waals surface area (Å²) in [7, 11) is 0. The molecule has 0 saturated heterocycles. The van der Waals surface area contributed by atoms with E-state index in [2.05, 4.69) is 4.99 Å². The predicted molar refractivity (Wildman–Crippen MR) is 141 cm³/mol. The van der Waals surface area contributed by atoms with Crippen LogP contribution in [0.15, 0.2) is 63.5 Å². The molecule has 2 heterocycles. The number of halogens is 4. The van der Waals surface area contributed by atoms with Gasteiger partial charge >= 0.3 is 12.1 Å². The largest absolute Gasteiger partial charge is 0.494 e. The molecule has 1 aliphatic heterocycles. The molecule has 0 unspecified atom stereocenters. The maximum absolute atomic E-state index is 14.2. The van der Waals surface area contributed by atoms with Crippen LogP contribution < -0.4 is 24.4 Å². The lowest BCUT2D eigenvalue weighted by molar-refractivity contribution is -0.140. The van der Waals surface area contributed by atoms with E-state index in [1.165, 1.54) is 37.3 Å². The van der Waals surface area contributed by atoms with Gasteiger partial charge in [-0.2, -0.15) is 13.2 Å². The van der Waals surface area contributed by atoms with Gasteiger partial charge in [0.05, 0.1) is 36.0 Å². The Morgan fingerprint density at radius 1 is 1.08 bits per heavy atom. The number of thiazole rings is 1. The highest BCUT2D eigenvalue weighted by Gasteiger charge is 2.45. The smallest absolute Gasteiger partial charge is 0.434 e. The van der Waals surface area contributed by atoms with Crippen LogP contribution in [0.4, 0.5) is 13.2 Å². The number of allylic oxidation sites excluding steroid dienone is 1. The van der Waals surface area contributed by atoms with Crippen molar-refractivity contribution in [2.24, 2.45) is 4.99 Å². The van der Waals surface area contributed by atoms with E-state index in [1.54, 1.807) is 25.1 Å². The van der Waals surface area contributed by atoms with Crippen LogP contribution in [-0.2, 0) is 9.53 Å². The second kappa shape index (κ2) is 11.7. The maximum atomic E-state index is 14.2. The number of carbonyl (C=O) groups is 1. The summed E-state index contributed by atoms with van der Waals surface area (Å²) < 4.78 is 60.1. The van der Waals surface area contributed by atoms with Crippen LogP contribution in [0, 0.1) is 0 Å². The normalized spacial score (nSPS) is 15.6. The molecule has 0 radical (unpaired) electrons. The summed E-state index contributed by atoms with van der Waals surface area (Å²) in [5.41, 5.74) is -2.05. The number of hydrogen-bond donors (Lipinski definition) is 0. The third kappa shape index (κ3) is 5.89. The van der Waals surface area contributed by atoms with Gasteiger partial charge in [-0.05, 0) is 56.7 Å². The number of nitrogens with zero attached hydrogens (tertiary/aromatic N) is 2. The second-order valence-electron chi connectivity index (χ2n) is 8.18. The summed E-state index contributed by atoms with van der Waals surface area (Å²) in [6.07, 6.45) is -3.47. The molecular formula is C27H24ClF3N2O5S. The lowest BCUT2D eigenvalue weighted by Gasteiger charge is -2.26. The first-order valence-corrected chi connectivity index (χ1v) is 13.2. The van der Waals surface area contributed by atoms with Crippen molar-refractivity contribution in [2.75, 3.05) is 19.8 Å². The van der Waals surface area contributed by atoms with E-state index in [0.717, 1.165) is 15.9 Å². The van der Waals surface area contributed by atoms with Gasteiger partial charge in [-0.1, -0.05) is 35.1 Å². The number of hydrogen-bond acceptors (Lipinski definition) is 7. The molecule has 206 valence electrons. The molecule has 1 aliphatic rings. The minimum absolute atomic E-state index is 0.101. The zero-order valence-corrected chi connectivity index (χ0v) is 22.7. The monoisotopic (exact) mass is 580 g/mol. The van der Waals surface area contributed by atoms with Crippen LogP contribution in [0.1, 0.15) is 37.9 Å². The molecule has 7 nitrogen and oxygen atoms in total. The fraction of sp³-hybridized carbons (Fsp3) is 0.296. The topological polar surface area (TPSA) is 79.1 Å². The van der Waals surface area contributed by atoms with E-state index < -0.39 is 35.0 Å². The molecule has 2 aromatic carbocycles. The fourth-order valence-electron chi connectivity index (χ4n) is 4.11. The Morgan fingerprint density at radius 2 is 1.77 bits per heavy atom. The van der Waals surface area contributed by atoms with Crippen LogP contribution in [-0.4, -0.2) is 36.5 Å². The number of rotatable bonds is 8. The first kappa shape index (κ1) is 28.4. The third-order valence-corrected chi connectivity index (χ3v) is 6.90. The second-order valence-corrected chi connectivity index (χ2v) is 9.63. The molecular weight excluding hydrogens is 557 g/mol. The molecule has 1 atom stereocenters. The van der Waals surface area contributed by atoms with E-state index in [-0.39, 0.29) is 21.5 Å². The van der Waals surface area contributed by atoms with E-state index in [1.807, 2.05) is 6.92 Å². The van der Waals surface area contributed by atoms with Crippen molar-refractivity contribution >= 4 is 35.0 Å². The van der Waals surface area contributed by atoms with Crippen LogP contribution in [0.25, 0.3) is 6.08 Å². The average Bonchev–Trinajstić information content (AvgIpc) is 3.20. The first-order valence-electron chi connectivity index (χ1n) is 12.0. The molecule has 0 spiro atoms. The number of ether oxygens (including phenoxy) is 3. The van der Waals surface area contributed by atoms with Crippen molar-refractivity contribution in [3.63, 3.8) is 0 Å². The number of esters is 1. The molecule has 39 heavy (non-hydrogen) atoms. The van der Waals surface area contributed by atoms with Crippen molar-refractivity contribution in [2.45, 2.75) is 33.0 Å². The number of aromatic nitrogens is 1. The Hall–Kier alpha value is -3.57. The summed E-state index contributed by atoms with van der Waals surface area (Å²) in [6.45, 7) is 5.73. The van der Waals surface area contributed by atoms with E-state index in [9.17, 15) is 22.8 Å². The Balaban J connectivity index is 2.00.